The lowest BCUT2D eigenvalue weighted by molar-refractivity contribution is 0.0690. The summed E-state index contributed by atoms with van der Waals surface area (Å²) in [6, 6.07) is -0.433. The first-order chi connectivity index (χ1) is 8.70. The van der Waals surface area contributed by atoms with Crippen LogP contribution in [-0.2, 0) is 10.0 Å². The highest BCUT2D eigenvalue weighted by Gasteiger charge is 2.27. The molecule has 7 nitrogen and oxygen atoms in total. The van der Waals surface area contributed by atoms with Crippen molar-refractivity contribution in [1.29, 1.82) is 0 Å². The number of carboxylic acid groups (broad SMARTS) is 1. The second-order valence-electron chi connectivity index (χ2n) is 4.42. The molecule has 1 unspecified atom stereocenters. The summed E-state index contributed by atoms with van der Waals surface area (Å²) < 4.78 is 26.8. The van der Waals surface area contributed by atoms with Crippen molar-refractivity contribution in [3.63, 3.8) is 0 Å². The molecule has 1 atom stereocenters. The number of H-pyrrole nitrogens is 1. The minimum Gasteiger partial charge on any atom is -0.477 e. The first kappa shape index (κ1) is 15.7. The molecule has 1 aromatic rings. The maximum atomic E-state index is 12.2. The van der Waals surface area contributed by atoms with Gasteiger partial charge in [0.15, 0.2) is 0 Å². The predicted molar refractivity (Wildman–Crippen MR) is 68.7 cm³/mol. The number of hydrogen-bond donors (Lipinski definition) is 4. The molecule has 1 heterocycles. The average molecular weight is 290 g/mol. The van der Waals surface area contributed by atoms with Crippen molar-refractivity contribution in [3.05, 3.63) is 17.0 Å². The second kappa shape index (κ2) is 5.72. The van der Waals surface area contributed by atoms with E-state index < -0.39 is 22.0 Å². The van der Waals surface area contributed by atoms with Gasteiger partial charge in [0.2, 0.25) is 10.0 Å². The maximum absolute atomic E-state index is 12.2. The number of rotatable bonds is 6. The van der Waals surface area contributed by atoms with Gasteiger partial charge in [-0.25, -0.2) is 17.9 Å². The summed E-state index contributed by atoms with van der Waals surface area (Å²) in [5.74, 6) is -1.20. The van der Waals surface area contributed by atoms with Crippen LogP contribution in [0.4, 0.5) is 0 Å². The van der Waals surface area contributed by atoms with Crippen LogP contribution in [0.5, 0.6) is 0 Å². The van der Waals surface area contributed by atoms with Gasteiger partial charge in [-0.05, 0) is 27.2 Å². The first-order valence-corrected chi connectivity index (χ1v) is 7.24. The van der Waals surface area contributed by atoms with Crippen molar-refractivity contribution in [1.82, 2.24) is 9.71 Å². The van der Waals surface area contributed by atoms with Crippen LogP contribution < -0.4 is 4.72 Å². The molecule has 0 aromatic carbocycles. The fraction of sp³-hybridized carbons (Fsp3) is 0.545. The number of nitrogens with one attached hydrogen (secondary N) is 2. The van der Waals surface area contributed by atoms with E-state index in [-0.39, 0.29) is 34.9 Å². The molecule has 0 amide bonds. The number of carboxylic acids is 1. The van der Waals surface area contributed by atoms with Crippen molar-refractivity contribution < 1.29 is 23.4 Å². The molecular formula is C11H18N2O5S. The van der Waals surface area contributed by atoms with E-state index in [1.807, 2.05) is 0 Å². The quantitative estimate of drug-likeness (QED) is 0.604. The van der Waals surface area contributed by atoms with E-state index in [0.29, 0.717) is 0 Å². The highest BCUT2D eigenvalue weighted by molar-refractivity contribution is 7.89. The number of aromatic amines is 1. The van der Waals surface area contributed by atoms with Gasteiger partial charge in [0, 0.05) is 23.9 Å². The Kier molecular flexibility index (Phi) is 4.72. The number of sulfonamides is 1. The monoisotopic (exact) mass is 290 g/mol. The summed E-state index contributed by atoms with van der Waals surface area (Å²) in [5, 5.41) is 17.7. The van der Waals surface area contributed by atoms with Crippen LogP contribution in [0.2, 0.25) is 0 Å². The van der Waals surface area contributed by atoms with E-state index >= 15 is 0 Å². The molecule has 0 bridgehead atoms. The highest BCUT2D eigenvalue weighted by Crippen LogP contribution is 2.23. The summed E-state index contributed by atoms with van der Waals surface area (Å²) >= 11 is 0. The van der Waals surface area contributed by atoms with Gasteiger partial charge in [0.25, 0.3) is 0 Å². The van der Waals surface area contributed by atoms with Crippen LogP contribution in [0.15, 0.2) is 4.90 Å². The Morgan fingerprint density at radius 3 is 2.42 bits per heavy atom. The molecule has 0 spiro atoms. The molecule has 0 aliphatic rings. The molecule has 4 N–H and O–H groups in total. The first-order valence-electron chi connectivity index (χ1n) is 5.76. The fourth-order valence-electron chi connectivity index (χ4n) is 1.93. The third kappa shape index (κ3) is 3.34. The zero-order chi connectivity index (χ0) is 14.8. The number of aromatic carboxylic acids is 1. The Balaban J connectivity index is 3.19. The van der Waals surface area contributed by atoms with Crippen LogP contribution in [-0.4, -0.2) is 42.2 Å². The third-order valence-electron chi connectivity index (χ3n) is 2.77. The van der Waals surface area contributed by atoms with Gasteiger partial charge in [0.05, 0.1) is 0 Å². The van der Waals surface area contributed by atoms with Crippen LogP contribution in [0, 0.1) is 13.8 Å². The smallest absolute Gasteiger partial charge is 0.352 e. The van der Waals surface area contributed by atoms with Crippen molar-refractivity contribution in [2.45, 2.75) is 38.1 Å². The van der Waals surface area contributed by atoms with Gasteiger partial charge in [0.1, 0.15) is 10.6 Å². The molecule has 19 heavy (non-hydrogen) atoms. The SMILES string of the molecule is Cc1[nH]c(C(=O)O)c(C)c1S(=O)(=O)NC(C)CCO. The lowest BCUT2D eigenvalue weighted by Crippen LogP contribution is -2.33. The van der Waals surface area contributed by atoms with E-state index in [2.05, 4.69) is 9.71 Å². The van der Waals surface area contributed by atoms with Crippen molar-refractivity contribution >= 4 is 16.0 Å². The fourth-order valence-corrected chi connectivity index (χ4v) is 3.65. The molecule has 0 saturated heterocycles. The molecule has 0 aliphatic carbocycles. The van der Waals surface area contributed by atoms with Gasteiger partial charge >= 0.3 is 5.97 Å². The Labute approximate surface area is 111 Å². The minimum absolute atomic E-state index is 0.0466. The summed E-state index contributed by atoms with van der Waals surface area (Å²) in [7, 11) is -3.81. The lowest BCUT2D eigenvalue weighted by atomic mass is 10.2. The number of aliphatic hydroxyl groups excluding tert-OH is 1. The Morgan fingerprint density at radius 2 is 2.00 bits per heavy atom. The van der Waals surface area contributed by atoms with E-state index in [1.165, 1.54) is 13.8 Å². The Hall–Kier alpha value is -1.38. The molecule has 1 rings (SSSR count). The van der Waals surface area contributed by atoms with Crippen LogP contribution >= 0.6 is 0 Å². The molecule has 0 radical (unpaired) electrons. The van der Waals surface area contributed by atoms with Crippen molar-refractivity contribution in [3.8, 4) is 0 Å². The molecule has 1 aromatic heterocycles. The maximum Gasteiger partial charge on any atom is 0.352 e. The van der Waals surface area contributed by atoms with Crippen molar-refractivity contribution in [2.75, 3.05) is 6.61 Å². The third-order valence-corrected chi connectivity index (χ3v) is 4.63. The molecule has 8 heteroatoms. The topological polar surface area (TPSA) is 119 Å². The number of aryl methyl sites for hydroxylation is 1. The Morgan fingerprint density at radius 1 is 1.42 bits per heavy atom. The van der Waals surface area contributed by atoms with Gasteiger partial charge in [-0.3, -0.25) is 0 Å². The summed E-state index contributed by atoms with van der Waals surface area (Å²) in [6.07, 6.45) is 0.285. The van der Waals surface area contributed by atoms with Gasteiger partial charge in [-0.1, -0.05) is 0 Å². The zero-order valence-electron chi connectivity index (χ0n) is 11.0. The van der Waals surface area contributed by atoms with Crippen LogP contribution in [0.1, 0.15) is 35.1 Å². The Bertz CT molecular complexity index is 576. The van der Waals surface area contributed by atoms with Gasteiger partial charge in [-0.2, -0.15) is 0 Å². The summed E-state index contributed by atoms with van der Waals surface area (Å²) in [6.45, 7) is 4.45. The molecular weight excluding hydrogens is 272 g/mol. The van der Waals surface area contributed by atoms with Crippen LogP contribution in [0.25, 0.3) is 0 Å². The lowest BCUT2D eigenvalue weighted by Gasteiger charge is -2.13. The summed E-state index contributed by atoms with van der Waals surface area (Å²) in [5.41, 5.74) is 0.319. The minimum atomic E-state index is -3.81. The van der Waals surface area contributed by atoms with E-state index in [0.717, 1.165) is 0 Å². The summed E-state index contributed by atoms with van der Waals surface area (Å²) in [4.78, 5) is 13.5. The zero-order valence-corrected chi connectivity index (χ0v) is 11.8. The van der Waals surface area contributed by atoms with Crippen LogP contribution in [0.3, 0.4) is 0 Å². The number of aromatic nitrogens is 1. The molecule has 0 aliphatic heterocycles. The van der Waals surface area contributed by atoms with Gasteiger partial charge < -0.3 is 15.2 Å². The normalized spacial score (nSPS) is 13.5. The predicted octanol–water partition coefficient (Wildman–Crippen LogP) is 0.379. The van der Waals surface area contributed by atoms with E-state index in [1.54, 1.807) is 6.92 Å². The number of hydrogen-bond acceptors (Lipinski definition) is 4. The number of carbonyl (C=O) groups is 1. The molecule has 0 fully saturated rings. The van der Waals surface area contributed by atoms with Gasteiger partial charge in [-0.15, -0.1) is 0 Å². The molecule has 108 valence electrons. The number of aliphatic hydroxyl groups is 1. The second-order valence-corrected chi connectivity index (χ2v) is 6.07. The average Bonchev–Trinajstić information content (AvgIpc) is 2.54. The van der Waals surface area contributed by atoms with Crippen molar-refractivity contribution in [2.24, 2.45) is 0 Å². The standard InChI is InChI=1S/C11H18N2O5S/c1-6(4-5-14)13-19(17,18)10-7(2)9(11(15)16)12-8(10)3/h6,12-14H,4-5H2,1-3H3,(H,15,16). The largest absolute Gasteiger partial charge is 0.477 e. The molecule has 0 saturated carbocycles. The van der Waals surface area contributed by atoms with E-state index in [4.69, 9.17) is 10.2 Å². The van der Waals surface area contributed by atoms with E-state index in [9.17, 15) is 13.2 Å². The highest BCUT2D eigenvalue weighted by atomic mass is 32.2.